The van der Waals surface area contributed by atoms with Crippen LogP contribution in [0.2, 0.25) is 0 Å². The number of nitriles is 1. The summed E-state index contributed by atoms with van der Waals surface area (Å²) in [5, 5.41) is 8.84. The number of hydrogen-bond acceptors (Lipinski definition) is 2. The molecule has 0 radical (unpaired) electrons. The second-order valence-electron chi connectivity index (χ2n) is 4.00. The highest BCUT2D eigenvalue weighted by Crippen LogP contribution is 2.36. The third-order valence-electron chi connectivity index (χ3n) is 2.70. The highest BCUT2D eigenvalue weighted by molar-refractivity contribution is 5.55. The Kier molecular flexibility index (Phi) is 2.36. The molecule has 0 saturated heterocycles. The molecule has 0 saturated carbocycles. The third-order valence-corrected chi connectivity index (χ3v) is 2.70. The van der Waals surface area contributed by atoms with E-state index >= 15 is 0 Å². The SMILES string of the molecule is CC(C)c1cc(F)c(C#N)c2c1CCO2. The lowest BCUT2D eigenvalue weighted by atomic mass is 9.93. The van der Waals surface area contributed by atoms with Crippen molar-refractivity contribution in [1.82, 2.24) is 0 Å². The van der Waals surface area contributed by atoms with Gasteiger partial charge in [0.15, 0.2) is 0 Å². The molecule has 3 heteroatoms. The van der Waals surface area contributed by atoms with Gasteiger partial charge in [-0.2, -0.15) is 5.26 Å². The van der Waals surface area contributed by atoms with E-state index < -0.39 is 5.82 Å². The minimum Gasteiger partial charge on any atom is -0.491 e. The van der Waals surface area contributed by atoms with Crippen LogP contribution in [0.15, 0.2) is 6.07 Å². The summed E-state index contributed by atoms with van der Waals surface area (Å²) >= 11 is 0. The average molecular weight is 205 g/mol. The van der Waals surface area contributed by atoms with E-state index in [1.807, 2.05) is 19.9 Å². The smallest absolute Gasteiger partial charge is 0.145 e. The number of nitrogens with zero attached hydrogens (tertiary/aromatic N) is 1. The normalized spacial score (nSPS) is 13.5. The molecule has 0 bridgehead atoms. The molecule has 1 aromatic rings. The van der Waals surface area contributed by atoms with Gasteiger partial charge in [0.1, 0.15) is 23.2 Å². The van der Waals surface area contributed by atoms with E-state index in [1.165, 1.54) is 6.07 Å². The van der Waals surface area contributed by atoms with Crippen molar-refractivity contribution in [3.63, 3.8) is 0 Å². The molecule has 78 valence electrons. The molecule has 0 spiro atoms. The van der Waals surface area contributed by atoms with E-state index in [-0.39, 0.29) is 11.5 Å². The van der Waals surface area contributed by atoms with Crippen molar-refractivity contribution in [2.75, 3.05) is 6.61 Å². The average Bonchev–Trinajstić information content (AvgIpc) is 2.64. The quantitative estimate of drug-likeness (QED) is 0.706. The van der Waals surface area contributed by atoms with Gasteiger partial charge in [0.25, 0.3) is 0 Å². The summed E-state index contributed by atoms with van der Waals surface area (Å²) in [6.45, 7) is 4.58. The summed E-state index contributed by atoms with van der Waals surface area (Å²) in [7, 11) is 0. The Hall–Kier alpha value is -1.56. The fourth-order valence-corrected chi connectivity index (χ4v) is 1.98. The zero-order valence-corrected chi connectivity index (χ0v) is 8.80. The van der Waals surface area contributed by atoms with Gasteiger partial charge in [-0.1, -0.05) is 13.8 Å². The van der Waals surface area contributed by atoms with Crippen LogP contribution in [0.3, 0.4) is 0 Å². The van der Waals surface area contributed by atoms with Gasteiger partial charge in [-0.15, -0.1) is 0 Å². The standard InChI is InChI=1S/C12H12FNO/c1-7(2)9-5-11(13)10(6-14)12-8(9)3-4-15-12/h5,7H,3-4H2,1-2H3. The molecule has 0 atom stereocenters. The Morgan fingerprint density at radius 1 is 1.53 bits per heavy atom. The topological polar surface area (TPSA) is 33.0 Å². The second-order valence-corrected chi connectivity index (χ2v) is 4.00. The first-order valence-corrected chi connectivity index (χ1v) is 5.03. The van der Waals surface area contributed by atoms with Crippen molar-refractivity contribution in [2.45, 2.75) is 26.2 Å². The van der Waals surface area contributed by atoms with Crippen molar-refractivity contribution in [2.24, 2.45) is 0 Å². The molecule has 0 aromatic heterocycles. The number of hydrogen-bond donors (Lipinski definition) is 0. The zero-order chi connectivity index (χ0) is 11.0. The minimum absolute atomic E-state index is 0.0481. The highest BCUT2D eigenvalue weighted by atomic mass is 19.1. The van der Waals surface area contributed by atoms with Crippen LogP contribution in [0.4, 0.5) is 4.39 Å². The monoisotopic (exact) mass is 205 g/mol. The molecule has 0 unspecified atom stereocenters. The number of rotatable bonds is 1. The Bertz CT molecular complexity index is 446. The summed E-state index contributed by atoms with van der Waals surface area (Å²) in [6.07, 6.45) is 0.776. The highest BCUT2D eigenvalue weighted by Gasteiger charge is 2.24. The van der Waals surface area contributed by atoms with Crippen molar-refractivity contribution < 1.29 is 9.13 Å². The lowest BCUT2D eigenvalue weighted by Gasteiger charge is -2.12. The molecule has 0 aliphatic carbocycles. The van der Waals surface area contributed by atoms with E-state index in [0.717, 1.165) is 17.5 Å². The van der Waals surface area contributed by atoms with Crippen LogP contribution in [0.25, 0.3) is 0 Å². The van der Waals surface area contributed by atoms with E-state index in [2.05, 4.69) is 0 Å². The van der Waals surface area contributed by atoms with Gasteiger partial charge in [-0.25, -0.2) is 4.39 Å². The molecular formula is C12H12FNO. The first-order chi connectivity index (χ1) is 7.15. The van der Waals surface area contributed by atoms with Crippen LogP contribution >= 0.6 is 0 Å². The predicted molar refractivity (Wildman–Crippen MR) is 54.4 cm³/mol. The van der Waals surface area contributed by atoms with Gasteiger partial charge in [0, 0.05) is 12.0 Å². The summed E-state index contributed by atoms with van der Waals surface area (Å²) in [5.41, 5.74) is 2.01. The Balaban J connectivity index is 2.69. The van der Waals surface area contributed by atoms with Crippen LogP contribution in [-0.2, 0) is 6.42 Å². The second kappa shape index (κ2) is 3.54. The first-order valence-electron chi connectivity index (χ1n) is 5.03. The molecule has 15 heavy (non-hydrogen) atoms. The lowest BCUT2D eigenvalue weighted by molar-refractivity contribution is 0.354. The molecule has 2 nitrogen and oxygen atoms in total. The molecule has 0 amide bonds. The number of fused-ring (bicyclic) bond motifs is 1. The van der Waals surface area contributed by atoms with Gasteiger partial charge >= 0.3 is 0 Å². The van der Waals surface area contributed by atoms with Crippen LogP contribution in [0.1, 0.15) is 36.5 Å². The summed E-state index contributed by atoms with van der Waals surface area (Å²) in [4.78, 5) is 0. The van der Waals surface area contributed by atoms with Crippen LogP contribution in [0, 0.1) is 17.1 Å². The van der Waals surface area contributed by atoms with E-state index in [4.69, 9.17) is 10.00 Å². The fourth-order valence-electron chi connectivity index (χ4n) is 1.98. The van der Waals surface area contributed by atoms with Crippen molar-refractivity contribution in [3.8, 4) is 11.8 Å². The van der Waals surface area contributed by atoms with Crippen LogP contribution in [-0.4, -0.2) is 6.61 Å². The first kappa shape index (κ1) is 9.97. The Morgan fingerprint density at radius 3 is 2.87 bits per heavy atom. The van der Waals surface area contributed by atoms with Crippen LogP contribution in [0.5, 0.6) is 5.75 Å². The number of ether oxygens (including phenoxy) is 1. The minimum atomic E-state index is -0.471. The van der Waals surface area contributed by atoms with Gasteiger partial charge in [-0.3, -0.25) is 0 Å². The molecular weight excluding hydrogens is 193 g/mol. The maximum Gasteiger partial charge on any atom is 0.145 e. The molecule has 2 rings (SSSR count). The molecule has 1 aromatic carbocycles. The maximum atomic E-state index is 13.6. The van der Waals surface area contributed by atoms with Crippen molar-refractivity contribution in [3.05, 3.63) is 28.6 Å². The molecule has 0 N–H and O–H groups in total. The predicted octanol–water partition coefficient (Wildman–Crippen LogP) is 2.76. The van der Waals surface area contributed by atoms with Gasteiger partial charge in [0.2, 0.25) is 0 Å². The van der Waals surface area contributed by atoms with E-state index in [9.17, 15) is 4.39 Å². The number of benzene rings is 1. The summed E-state index contributed by atoms with van der Waals surface area (Å²) < 4.78 is 18.9. The molecule has 1 heterocycles. The number of halogens is 1. The third kappa shape index (κ3) is 1.46. The van der Waals surface area contributed by atoms with E-state index in [0.29, 0.717) is 12.4 Å². The van der Waals surface area contributed by atoms with Crippen molar-refractivity contribution in [1.29, 1.82) is 5.26 Å². The van der Waals surface area contributed by atoms with Crippen molar-refractivity contribution >= 4 is 0 Å². The van der Waals surface area contributed by atoms with Gasteiger partial charge in [-0.05, 0) is 17.5 Å². The summed E-state index contributed by atoms with van der Waals surface area (Å²) in [6, 6.07) is 3.33. The molecule has 0 fully saturated rings. The Morgan fingerprint density at radius 2 is 2.27 bits per heavy atom. The van der Waals surface area contributed by atoms with E-state index in [1.54, 1.807) is 0 Å². The maximum absolute atomic E-state index is 13.6. The summed E-state index contributed by atoms with van der Waals surface area (Å²) in [5.74, 6) is 0.241. The zero-order valence-electron chi connectivity index (χ0n) is 8.80. The Labute approximate surface area is 88.3 Å². The lowest BCUT2D eigenvalue weighted by Crippen LogP contribution is -1.98. The molecule has 1 aliphatic heterocycles. The molecule has 1 aliphatic rings. The fraction of sp³-hybridized carbons (Fsp3) is 0.417. The van der Waals surface area contributed by atoms with Gasteiger partial charge < -0.3 is 4.74 Å². The van der Waals surface area contributed by atoms with Crippen LogP contribution < -0.4 is 4.74 Å². The largest absolute Gasteiger partial charge is 0.491 e. The van der Waals surface area contributed by atoms with Gasteiger partial charge in [0.05, 0.1) is 6.61 Å².